The second-order valence-electron chi connectivity index (χ2n) is 42.1. The topological polar surface area (TPSA) is 410 Å². The van der Waals surface area contributed by atoms with Crippen LogP contribution in [0.25, 0.3) is 66.2 Å². The van der Waals surface area contributed by atoms with E-state index in [-0.39, 0.29) is 75.4 Å². The van der Waals surface area contributed by atoms with E-state index in [0.717, 1.165) is 214 Å². The van der Waals surface area contributed by atoms with Crippen molar-refractivity contribution >= 4 is 66.2 Å². The molecular weight excluding hydrogens is 1870 g/mol. The van der Waals surface area contributed by atoms with Gasteiger partial charge in [0.1, 0.15) is 73.0 Å². The highest BCUT2D eigenvalue weighted by Crippen LogP contribution is 2.38. The van der Waals surface area contributed by atoms with Crippen molar-refractivity contribution in [3.8, 4) is 5.75 Å². The van der Waals surface area contributed by atoms with Gasteiger partial charge < -0.3 is 64.0 Å². The molecule has 145 heavy (non-hydrogen) atoms. The number of H-pyrrole nitrogens is 6. The summed E-state index contributed by atoms with van der Waals surface area (Å²) in [4.78, 5) is 133. The van der Waals surface area contributed by atoms with E-state index < -0.39 is 18.1 Å². The number of fused-ring (bicyclic) bond motifs is 6. The van der Waals surface area contributed by atoms with Gasteiger partial charge in [-0.15, -0.1) is 13.2 Å². The zero-order valence-corrected chi connectivity index (χ0v) is 83.4. The number of halogens is 6. The highest BCUT2D eigenvalue weighted by molar-refractivity contribution is 5.77. The molecule has 6 unspecified atom stereocenters. The fourth-order valence-corrected chi connectivity index (χ4v) is 22.6. The van der Waals surface area contributed by atoms with Gasteiger partial charge in [-0.2, -0.15) is 43.8 Å². The number of alkyl halides is 6. The number of piperidine rings is 4. The Balaban J connectivity index is 0.000000110. The molecule has 43 heteroatoms. The van der Waals surface area contributed by atoms with Crippen LogP contribution < -0.4 is 38.1 Å². The number of likely N-dealkylation sites (tertiary alicyclic amines) is 6. The van der Waals surface area contributed by atoms with E-state index in [4.69, 9.17) is 19.9 Å². The number of nitrogens with zero attached hydrogens (tertiary/aromatic N) is 24. The van der Waals surface area contributed by atoms with E-state index >= 15 is 0 Å². The van der Waals surface area contributed by atoms with Gasteiger partial charge in [-0.25, -0.2) is 58.0 Å². The monoisotopic (exact) mass is 2000 g/mol. The Bertz CT molecular complexity index is 7230. The van der Waals surface area contributed by atoms with Crippen molar-refractivity contribution in [2.45, 2.75) is 241 Å². The first kappa shape index (κ1) is 101. The van der Waals surface area contributed by atoms with Crippen molar-refractivity contribution in [1.82, 2.24) is 148 Å². The first-order chi connectivity index (χ1) is 69.9. The third-order valence-corrected chi connectivity index (χ3v) is 30.8. The number of hydrogen-bond acceptors (Lipinski definition) is 25. The average molecular weight is 2000 g/mol. The molecule has 6 aliphatic heterocycles. The van der Waals surface area contributed by atoms with Crippen LogP contribution >= 0.6 is 0 Å². The maximum atomic E-state index is 12.9. The highest BCUT2D eigenvalue weighted by atomic mass is 19.4. The molecule has 774 valence electrons. The number of aromatic amines is 6. The van der Waals surface area contributed by atoms with Gasteiger partial charge in [0.2, 0.25) is 0 Å². The van der Waals surface area contributed by atoms with Gasteiger partial charge in [-0.05, 0) is 174 Å². The van der Waals surface area contributed by atoms with E-state index in [9.17, 15) is 55.1 Å². The van der Waals surface area contributed by atoms with Crippen LogP contribution in [0.1, 0.15) is 242 Å². The Labute approximate surface area is 832 Å². The lowest BCUT2D eigenvalue weighted by molar-refractivity contribution is -0.274. The Morgan fingerprint density at radius 3 is 0.848 bits per heavy atom. The Kier molecular flexibility index (Phi) is 31.1. The lowest BCUT2D eigenvalue weighted by atomic mass is 9.83. The van der Waals surface area contributed by atoms with E-state index in [2.05, 4.69) is 133 Å². The summed E-state index contributed by atoms with van der Waals surface area (Å²) in [5, 5.41) is 29.8. The molecule has 37 nitrogen and oxygen atoms in total. The molecule has 10 fully saturated rings. The first-order valence-corrected chi connectivity index (χ1v) is 51.8. The summed E-state index contributed by atoms with van der Waals surface area (Å²) in [5.74, 6) is 6.32. The van der Waals surface area contributed by atoms with Crippen LogP contribution in [0.4, 0.5) is 26.3 Å². The molecule has 0 spiro atoms. The lowest BCUT2D eigenvalue weighted by Gasteiger charge is -2.30. The SMILES string of the molecule is CN1CCC(n2ncc3c(=O)[nH]c(CC4CCC4)nc32)C1.CN1CCC(n2ncc3c(=O)[nH]c(CC4CCCC4)nc32)C1.CN1CCCC(n2ncc3c(=O)[nH]c(CC4CCC4)nc32)C1.CN1CCCC(n2ncc3c(=O)[nH]c(CC4CCCC4)nc32)C1.CN1CCCC(n2ncc3c(=O)[nH]c(Cc4cccc(C(F)(F)F)c4)nc32)C1.CN1CCCC(n2ncc3c(=O)[nH]c(Cc4ccccc4OC(F)(F)F)nc32)C1. The maximum absolute atomic E-state index is 12.9. The number of benzene rings is 2. The first-order valence-electron chi connectivity index (χ1n) is 51.8. The lowest BCUT2D eigenvalue weighted by Crippen LogP contribution is -2.34. The normalized spacial score (nSPS) is 21.7. The predicted molar refractivity (Wildman–Crippen MR) is 538 cm³/mol. The van der Waals surface area contributed by atoms with E-state index in [0.29, 0.717) is 103 Å². The highest BCUT2D eigenvalue weighted by Gasteiger charge is 2.37. The van der Waals surface area contributed by atoms with Crippen LogP contribution in [0, 0.1) is 23.7 Å². The summed E-state index contributed by atoms with van der Waals surface area (Å²) in [6.07, 6.45) is 32.6. The number of hydrogen-bond donors (Lipinski definition) is 6. The van der Waals surface area contributed by atoms with Gasteiger partial charge in [-0.3, -0.25) is 28.8 Å². The Morgan fingerprint density at radius 1 is 0.303 bits per heavy atom. The number of nitrogens with one attached hydrogen (secondary N) is 6. The molecule has 0 radical (unpaired) electrons. The van der Waals surface area contributed by atoms with Crippen LogP contribution in [0.3, 0.4) is 0 Å². The molecule has 24 rings (SSSR count). The zero-order valence-electron chi connectivity index (χ0n) is 83.4. The number of aromatic nitrogens is 24. The molecule has 4 aliphatic carbocycles. The fourth-order valence-electron chi connectivity index (χ4n) is 22.6. The van der Waals surface area contributed by atoms with Crippen molar-refractivity contribution in [3.05, 3.63) is 199 Å². The smallest absolute Gasteiger partial charge is 0.405 e. The molecule has 12 aromatic heterocycles. The number of likely N-dealkylation sites (N-methyl/N-ethyl adjacent to an activating group) is 6. The van der Waals surface area contributed by atoms with Crippen molar-refractivity contribution in [3.63, 3.8) is 0 Å². The van der Waals surface area contributed by atoms with Crippen LogP contribution in [0.5, 0.6) is 5.75 Å². The summed E-state index contributed by atoms with van der Waals surface area (Å²) in [6.45, 7) is 12.0. The summed E-state index contributed by atoms with van der Waals surface area (Å²) in [5.41, 5.74) is 3.07. The van der Waals surface area contributed by atoms with Crippen LogP contribution in [0.2, 0.25) is 0 Å². The quantitative estimate of drug-likeness (QED) is 0.0409. The van der Waals surface area contributed by atoms with Gasteiger partial charge in [0.25, 0.3) is 33.4 Å². The Hall–Kier alpha value is -12.3. The van der Waals surface area contributed by atoms with Crippen molar-refractivity contribution in [2.24, 2.45) is 23.7 Å². The number of ether oxygens (including phenoxy) is 1. The fraction of sp³-hybridized carbons (Fsp3) is 0.588. The van der Waals surface area contributed by atoms with Crippen molar-refractivity contribution in [2.75, 3.05) is 121 Å². The summed E-state index contributed by atoms with van der Waals surface area (Å²) in [6, 6.07) is 12.4. The molecule has 2 aromatic carbocycles. The molecule has 6 saturated heterocycles. The van der Waals surface area contributed by atoms with Gasteiger partial charge in [0.15, 0.2) is 33.9 Å². The minimum atomic E-state index is -4.80. The molecule has 0 bridgehead atoms. The predicted octanol–water partition coefficient (Wildman–Crippen LogP) is 12.8. The van der Waals surface area contributed by atoms with Gasteiger partial charge in [-0.1, -0.05) is 126 Å². The molecule has 18 heterocycles. The van der Waals surface area contributed by atoms with Crippen molar-refractivity contribution in [1.29, 1.82) is 0 Å². The molecular formula is C102H132F6N30O7. The average Bonchev–Trinajstić information content (AvgIpc) is 1.65. The third kappa shape index (κ3) is 24.3. The molecule has 14 aromatic rings. The van der Waals surface area contributed by atoms with Gasteiger partial charge in [0, 0.05) is 96.4 Å². The van der Waals surface area contributed by atoms with E-state index in [1.165, 1.54) is 139 Å². The molecule has 6 N–H and O–H groups in total. The minimum absolute atomic E-state index is 0.00676. The summed E-state index contributed by atoms with van der Waals surface area (Å²) < 4.78 is 92.3. The van der Waals surface area contributed by atoms with E-state index in [1.807, 2.05) is 32.8 Å². The molecule has 6 atom stereocenters. The minimum Gasteiger partial charge on any atom is -0.405 e. The summed E-state index contributed by atoms with van der Waals surface area (Å²) >= 11 is 0. The maximum Gasteiger partial charge on any atom is 0.573 e. The zero-order chi connectivity index (χ0) is 101. The van der Waals surface area contributed by atoms with Crippen molar-refractivity contribution < 1.29 is 31.1 Å². The number of rotatable bonds is 19. The second kappa shape index (κ2) is 44.5. The Morgan fingerprint density at radius 2 is 0.572 bits per heavy atom. The third-order valence-electron chi connectivity index (χ3n) is 30.8. The van der Waals surface area contributed by atoms with Crippen LogP contribution in [0.15, 0.2) is 114 Å². The summed E-state index contributed by atoms with van der Waals surface area (Å²) in [7, 11) is 12.6. The van der Waals surface area contributed by atoms with E-state index in [1.54, 1.807) is 46.3 Å². The second-order valence-corrected chi connectivity index (χ2v) is 42.1. The van der Waals surface area contributed by atoms with Crippen LogP contribution in [-0.4, -0.2) is 275 Å². The van der Waals surface area contributed by atoms with Gasteiger partial charge in [0.05, 0.1) is 79.0 Å². The standard InChI is InChI=1S/C19H20F3N5O2.C19H20F3N5O.C17H25N5O.2C16H23N5O.C15H21N5O/c1-26-8-4-6-13(11-26)27-17-14(10-23-27)18(28)25-16(24-17)9-12-5-2-3-7-15(12)29-19(20,21)22;1-26-7-3-6-14(11-26)27-17-15(10-23-27)18(28)25-16(24-17)9-12-4-2-5-13(8-12)19(20,21)22;1-21-8-4-7-13(11-21)22-16-14(10-18-22)17(23)20-15(19-16)9-12-5-2-3-6-12;1-20-7-3-6-12(10-20)21-15-13(9-17-21)16(22)19-14(18-15)8-11-4-2-5-11;1-20-7-6-12(10-20)21-15-13(9-17-21)16(22)19-14(18-15)8-11-4-2-3-5-11;1-19-6-5-11(9-19)20-14-12(8-16-20)15(21)18-13(17-14)7-10-3-2-4-10/h2-3,5,7,10,13H,4,6,8-9,11H2,1H3,(H,24,25,28);2,4-5,8,10,14H,3,6-7,9,11H2,1H3,(H,24,25,28);10,12-13H,2-9,11H2,1H3,(H,19,20,23);2*9,11-12H,2-8,10H2,1H3,(H,18,19,22);8,10-11H,2-7,9H2,1H3,(H,17,18,21). The molecule has 0 amide bonds. The largest absolute Gasteiger partial charge is 0.573 e. The molecule has 4 saturated carbocycles. The van der Waals surface area contributed by atoms with Gasteiger partial charge >= 0.3 is 12.5 Å². The number of para-hydroxylation sites is 1. The van der Waals surface area contributed by atoms with Crippen LogP contribution in [-0.2, 0) is 44.7 Å². The molecule has 10 aliphatic rings.